The van der Waals surface area contributed by atoms with Crippen LogP contribution in [0.15, 0.2) is 0 Å². The van der Waals surface area contributed by atoms with Crippen LogP contribution < -0.4 is 5.32 Å². The van der Waals surface area contributed by atoms with Crippen LogP contribution in [0.3, 0.4) is 0 Å². The lowest BCUT2D eigenvalue weighted by molar-refractivity contribution is -0.161. The summed E-state index contributed by atoms with van der Waals surface area (Å²) >= 11 is 0. The van der Waals surface area contributed by atoms with Crippen LogP contribution in [0.4, 0.5) is 0 Å². The molecule has 0 radical (unpaired) electrons. The van der Waals surface area contributed by atoms with Crippen molar-refractivity contribution in [2.45, 2.75) is 45.0 Å². The molecule has 2 heterocycles. The summed E-state index contributed by atoms with van der Waals surface area (Å²) < 4.78 is 11.1. The number of esters is 1. The Hall–Kier alpha value is -0.610. The van der Waals surface area contributed by atoms with Crippen molar-refractivity contribution >= 4 is 5.97 Å². The van der Waals surface area contributed by atoms with Gasteiger partial charge in [-0.25, -0.2) is 0 Å². The number of hydrogen-bond donors (Lipinski definition) is 1. The summed E-state index contributed by atoms with van der Waals surface area (Å²) in [5.74, 6) is -0.192. The maximum absolute atomic E-state index is 11.9. The average molecular weight is 213 g/mol. The minimum absolute atomic E-state index is 0.0126. The quantitative estimate of drug-likeness (QED) is 0.651. The van der Waals surface area contributed by atoms with Crippen molar-refractivity contribution in [3.05, 3.63) is 0 Å². The number of rotatable bonds is 1. The standard InChI is InChI=1S/C11H19NO3/c1-11(2,3)15-10(13)8-4-7-5-12-6-9(8)14-7/h7-9,12H,4-6H2,1-3H3. The molecular weight excluding hydrogens is 194 g/mol. The van der Waals surface area contributed by atoms with Crippen molar-refractivity contribution in [1.82, 2.24) is 5.32 Å². The number of morpholine rings is 1. The number of fused-ring (bicyclic) bond motifs is 2. The van der Waals surface area contributed by atoms with Crippen molar-refractivity contribution in [2.24, 2.45) is 5.92 Å². The Morgan fingerprint density at radius 1 is 1.40 bits per heavy atom. The van der Waals surface area contributed by atoms with Crippen LogP contribution in [0.25, 0.3) is 0 Å². The molecule has 0 aliphatic carbocycles. The molecule has 0 aromatic rings. The number of carbonyl (C=O) groups excluding carboxylic acids is 1. The summed E-state index contributed by atoms with van der Waals surface area (Å²) in [6, 6.07) is 0. The average Bonchev–Trinajstić information content (AvgIpc) is 2.38. The topological polar surface area (TPSA) is 47.6 Å². The molecule has 2 saturated heterocycles. The zero-order chi connectivity index (χ0) is 11.1. The third-order valence-corrected chi connectivity index (χ3v) is 2.76. The molecule has 3 unspecified atom stereocenters. The highest BCUT2D eigenvalue weighted by atomic mass is 16.6. The van der Waals surface area contributed by atoms with E-state index in [1.807, 2.05) is 20.8 Å². The first kappa shape index (κ1) is 10.9. The molecule has 0 aromatic heterocycles. The maximum atomic E-state index is 11.9. The van der Waals surface area contributed by atoms with E-state index in [0.29, 0.717) is 0 Å². The molecule has 86 valence electrons. The van der Waals surface area contributed by atoms with Crippen LogP contribution in [0.2, 0.25) is 0 Å². The van der Waals surface area contributed by atoms with Gasteiger partial charge < -0.3 is 14.8 Å². The molecule has 0 amide bonds. The van der Waals surface area contributed by atoms with Gasteiger partial charge in [0, 0.05) is 13.1 Å². The summed E-state index contributed by atoms with van der Waals surface area (Å²) in [5.41, 5.74) is -0.402. The first-order valence-corrected chi connectivity index (χ1v) is 5.55. The lowest BCUT2D eigenvalue weighted by Crippen LogP contribution is -2.41. The van der Waals surface area contributed by atoms with E-state index in [0.717, 1.165) is 19.5 Å². The summed E-state index contributed by atoms with van der Waals surface area (Å²) in [5, 5.41) is 3.26. The van der Waals surface area contributed by atoms with Crippen LogP contribution in [-0.2, 0) is 14.3 Å². The van der Waals surface area contributed by atoms with Crippen LogP contribution in [0.5, 0.6) is 0 Å². The second-order valence-electron chi connectivity index (χ2n) is 5.33. The lowest BCUT2D eigenvalue weighted by atomic mass is 10.0. The van der Waals surface area contributed by atoms with E-state index in [2.05, 4.69) is 5.32 Å². The van der Waals surface area contributed by atoms with E-state index in [-0.39, 0.29) is 24.1 Å². The van der Waals surface area contributed by atoms with Gasteiger partial charge in [-0.15, -0.1) is 0 Å². The SMILES string of the molecule is CC(C)(C)OC(=O)C1CC2CNCC1O2. The summed E-state index contributed by atoms with van der Waals surface area (Å²) in [6.45, 7) is 7.30. The highest BCUT2D eigenvalue weighted by molar-refractivity contribution is 5.74. The molecule has 4 nitrogen and oxygen atoms in total. The molecule has 2 bridgehead atoms. The van der Waals surface area contributed by atoms with E-state index in [9.17, 15) is 4.79 Å². The molecule has 0 spiro atoms. The highest BCUT2D eigenvalue weighted by Crippen LogP contribution is 2.30. The Labute approximate surface area is 90.3 Å². The predicted molar refractivity (Wildman–Crippen MR) is 55.5 cm³/mol. The fourth-order valence-electron chi connectivity index (χ4n) is 2.17. The highest BCUT2D eigenvalue weighted by Gasteiger charge is 2.43. The second kappa shape index (κ2) is 3.76. The van der Waals surface area contributed by atoms with Gasteiger partial charge in [0.15, 0.2) is 0 Å². The van der Waals surface area contributed by atoms with Gasteiger partial charge in [-0.2, -0.15) is 0 Å². The molecule has 0 saturated carbocycles. The van der Waals surface area contributed by atoms with Crippen molar-refractivity contribution < 1.29 is 14.3 Å². The molecule has 2 aliphatic heterocycles. The van der Waals surface area contributed by atoms with Crippen LogP contribution >= 0.6 is 0 Å². The Balaban J connectivity index is 1.96. The first-order chi connectivity index (χ1) is 6.96. The van der Waals surface area contributed by atoms with E-state index in [1.54, 1.807) is 0 Å². The van der Waals surface area contributed by atoms with Gasteiger partial charge in [0.1, 0.15) is 5.60 Å². The van der Waals surface area contributed by atoms with E-state index < -0.39 is 5.60 Å². The van der Waals surface area contributed by atoms with Gasteiger partial charge in [0.25, 0.3) is 0 Å². The van der Waals surface area contributed by atoms with Crippen molar-refractivity contribution in [3.8, 4) is 0 Å². The van der Waals surface area contributed by atoms with Crippen molar-refractivity contribution in [3.63, 3.8) is 0 Å². The maximum Gasteiger partial charge on any atom is 0.312 e. The minimum atomic E-state index is -0.402. The molecule has 4 heteroatoms. The van der Waals surface area contributed by atoms with Crippen LogP contribution in [0.1, 0.15) is 27.2 Å². The molecule has 1 N–H and O–H groups in total. The van der Waals surface area contributed by atoms with Gasteiger partial charge in [0.2, 0.25) is 0 Å². The Morgan fingerprint density at radius 3 is 2.73 bits per heavy atom. The number of nitrogens with one attached hydrogen (secondary N) is 1. The molecule has 3 atom stereocenters. The summed E-state index contributed by atoms with van der Waals surface area (Å²) in [4.78, 5) is 11.9. The zero-order valence-corrected chi connectivity index (χ0v) is 9.58. The molecule has 0 aromatic carbocycles. The zero-order valence-electron chi connectivity index (χ0n) is 9.58. The van der Waals surface area contributed by atoms with Gasteiger partial charge in [0.05, 0.1) is 18.1 Å². The van der Waals surface area contributed by atoms with Gasteiger partial charge in [-0.1, -0.05) is 0 Å². The molecule has 2 aliphatic rings. The number of carbonyl (C=O) groups is 1. The number of hydrogen-bond acceptors (Lipinski definition) is 4. The van der Waals surface area contributed by atoms with Crippen molar-refractivity contribution in [2.75, 3.05) is 13.1 Å². The monoisotopic (exact) mass is 213 g/mol. The Bertz CT molecular complexity index is 259. The Morgan fingerprint density at radius 2 is 2.13 bits per heavy atom. The second-order valence-corrected chi connectivity index (χ2v) is 5.33. The molecule has 2 fully saturated rings. The van der Waals surface area contributed by atoms with Crippen LogP contribution in [-0.4, -0.2) is 36.9 Å². The third-order valence-electron chi connectivity index (χ3n) is 2.76. The van der Waals surface area contributed by atoms with E-state index in [4.69, 9.17) is 9.47 Å². The van der Waals surface area contributed by atoms with Gasteiger partial charge in [-0.05, 0) is 27.2 Å². The van der Waals surface area contributed by atoms with Crippen LogP contribution in [0, 0.1) is 5.92 Å². The van der Waals surface area contributed by atoms with Crippen molar-refractivity contribution in [1.29, 1.82) is 0 Å². The molecular formula is C11H19NO3. The third kappa shape index (κ3) is 2.49. The fraction of sp³-hybridized carbons (Fsp3) is 0.909. The molecule has 15 heavy (non-hydrogen) atoms. The predicted octanol–water partition coefficient (Wildman–Crippen LogP) is 0.705. The number of ether oxygens (including phenoxy) is 2. The normalized spacial score (nSPS) is 35.3. The molecule has 2 rings (SSSR count). The van der Waals surface area contributed by atoms with E-state index in [1.165, 1.54) is 0 Å². The van der Waals surface area contributed by atoms with E-state index >= 15 is 0 Å². The van der Waals surface area contributed by atoms with Gasteiger partial charge in [-0.3, -0.25) is 4.79 Å². The summed E-state index contributed by atoms with van der Waals surface area (Å²) in [7, 11) is 0. The fourth-order valence-corrected chi connectivity index (χ4v) is 2.17. The summed E-state index contributed by atoms with van der Waals surface area (Å²) in [6.07, 6.45) is 1.01. The largest absolute Gasteiger partial charge is 0.460 e. The minimum Gasteiger partial charge on any atom is -0.460 e. The lowest BCUT2D eigenvalue weighted by Gasteiger charge is -2.25. The smallest absolute Gasteiger partial charge is 0.312 e. The first-order valence-electron chi connectivity index (χ1n) is 5.55. The Kier molecular flexibility index (Phi) is 2.73. The van der Waals surface area contributed by atoms with Gasteiger partial charge >= 0.3 is 5.97 Å².